The molecule has 0 amide bonds. The number of benzene rings is 1. The molecule has 0 saturated carbocycles. The quantitative estimate of drug-likeness (QED) is 0.854. The molecule has 4 heteroatoms. The number of rotatable bonds is 4. The first-order valence-electron chi connectivity index (χ1n) is 6.33. The molecule has 3 nitrogen and oxygen atoms in total. The van der Waals surface area contributed by atoms with Crippen LogP contribution >= 0.6 is 11.6 Å². The number of ether oxygens (including phenoxy) is 1. The number of halogens is 1. The lowest BCUT2D eigenvalue weighted by Gasteiger charge is -2.23. The van der Waals surface area contributed by atoms with Crippen LogP contribution in [-0.2, 0) is 4.74 Å². The second kappa shape index (κ2) is 6.32. The van der Waals surface area contributed by atoms with Crippen LogP contribution in [0.4, 0.5) is 0 Å². The summed E-state index contributed by atoms with van der Waals surface area (Å²) in [5.74, 6) is 0.503. The fourth-order valence-electron chi connectivity index (χ4n) is 2.32. The molecule has 0 spiro atoms. The molecule has 0 aliphatic carbocycles. The molecule has 2 N–H and O–H groups in total. The van der Waals surface area contributed by atoms with Crippen LogP contribution in [0.1, 0.15) is 41.1 Å². The molecule has 1 fully saturated rings. The van der Waals surface area contributed by atoms with Crippen molar-refractivity contribution in [1.29, 1.82) is 0 Å². The van der Waals surface area contributed by atoms with Crippen LogP contribution in [0.15, 0.2) is 18.2 Å². The Labute approximate surface area is 112 Å². The highest BCUT2D eigenvalue weighted by Gasteiger charge is 2.19. The maximum Gasteiger partial charge on any atom is 0.164 e. The highest BCUT2D eigenvalue weighted by molar-refractivity contribution is 6.31. The van der Waals surface area contributed by atoms with Gasteiger partial charge in [0, 0.05) is 30.2 Å². The van der Waals surface area contributed by atoms with Gasteiger partial charge in [0.2, 0.25) is 0 Å². The highest BCUT2D eigenvalue weighted by Crippen LogP contribution is 2.32. The largest absolute Gasteiger partial charge is 0.381 e. The van der Waals surface area contributed by atoms with E-state index in [0.717, 1.165) is 31.6 Å². The number of ketones is 1. The van der Waals surface area contributed by atoms with Gasteiger partial charge >= 0.3 is 0 Å². The first-order valence-corrected chi connectivity index (χ1v) is 6.70. The van der Waals surface area contributed by atoms with Crippen LogP contribution in [0, 0.1) is 0 Å². The molecule has 98 valence electrons. The van der Waals surface area contributed by atoms with Crippen molar-refractivity contribution in [2.45, 2.75) is 25.2 Å². The molecule has 0 atom stereocenters. The van der Waals surface area contributed by atoms with Crippen LogP contribution in [0.5, 0.6) is 0 Å². The zero-order valence-corrected chi connectivity index (χ0v) is 11.1. The molecule has 0 aromatic heterocycles. The van der Waals surface area contributed by atoms with E-state index in [1.165, 1.54) is 0 Å². The predicted octanol–water partition coefficient (Wildman–Crippen LogP) is 2.77. The highest BCUT2D eigenvalue weighted by atomic mass is 35.5. The van der Waals surface area contributed by atoms with Gasteiger partial charge in [-0.25, -0.2) is 0 Å². The molecule has 0 radical (unpaired) electrons. The topological polar surface area (TPSA) is 52.3 Å². The lowest BCUT2D eigenvalue weighted by molar-refractivity contribution is 0.0853. The Morgan fingerprint density at radius 2 is 2.11 bits per heavy atom. The molecule has 1 aliphatic rings. The van der Waals surface area contributed by atoms with Gasteiger partial charge < -0.3 is 10.5 Å². The van der Waals surface area contributed by atoms with Crippen LogP contribution in [-0.4, -0.2) is 25.5 Å². The smallest absolute Gasteiger partial charge is 0.164 e. The van der Waals surface area contributed by atoms with Gasteiger partial charge in [0.05, 0.1) is 0 Å². The van der Waals surface area contributed by atoms with Crippen LogP contribution < -0.4 is 5.73 Å². The van der Waals surface area contributed by atoms with Crippen molar-refractivity contribution in [3.8, 4) is 0 Å². The maximum absolute atomic E-state index is 11.7. The minimum atomic E-state index is 0.0536. The van der Waals surface area contributed by atoms with E-state index in [1.807, 2.05) is 12.1 Å². The molecule has 0 unspecified atom stereocenters. The first-order chi connectivity index (χ1) is 8.72. The zero-order valence-electron chi connectivity index (χ0n) is 10.3. The molecule has 2 rings (SSSR count). The Morgan fingerprint density at radius 3 is 2.72 bits per heavy atom. The van der Waals surface area contributed by atoms with Crippen molar-refractivity contribution < 1.29 is 9.53 Å². The average molecular weight is 268 g/mol. The minimum Gasteiger partial charge on any atom is -0.381 e. The van der Waals surface area contributed by atoms with Gasteiger partial charge in [-0.3, -0.25) is 4.79 Å². The summed E-state index contributed by atoms with van der Waals surface area (Å²) in [4.78, 5) is 11.7. The summed E-state index contributed by atoms with van der Waals surface area (Å²) in [7, 11) is 0. The van der Waals surface area contributed by atoms with E-state index in [9.17, 15) is 4.79 Å². The molecule has 1 aromatic rings. The van der Waals surface area contributed by atoms with E-state index < -0.39 is 0 Å². The Kier molecular flexibility index (Phi) is 4.75. The van der Waals surface area contributed by atoms with E-state index in [2.05, 4.69) is 0 Å². The van der Waals surface area contributed by atoms with Gasteiger partial charge in [-0.1, -0.05) is 23.7 Å². The summed E-state index contributed by atoms with van der Waals surface area (Å²) in [6, 6.07) is 5.60. The summed E-state index contributed by atoms with van der Waals surface area (Å²) in [6.45, 7) is 1.95. The van der Waals surface area contributed by atoms with Gasteiger partial charge in [0.1, 0.15) is 0 Å². The molecule has 0 bridgehead atoms. The summed E-state index contributed by atoms with van der Waals surface area (Å²) in [5, 5.41) is 0.685. The van der Waals surface area contributed by atoms with Gasteiger partial charge in [-0.05, 0) is 36.9 Å². The lowest BCUT2D eigenvalue weighted by atomic mass is 9.90. The van der Waals surface area contributed by atoms with Gasteiger partial charge in [-0.2, -0.15) is 0 Å². The standard InChI is InChI=1S/C14H18ClNO2/c15-13-9-11(14(17)3-6-16)1-2-12(13)10-4-7-18-8-5-10/h1-2,9-10H,3-8,16H2. The van der Waals surface area contributed by atoms with Crippen molar-refractivity contribution in [2.75, 3.05) is 19.8 Å². The number of Topliss-reactive ketones (excluding diaryl/α,β-unsaturated/α-hetero) is 1. The lowest BCUT2D eigenvalue weighted by Crippen LogP contribution is -2.15. The number of carbonyl (C=O) groups excluding carboxylic acids is 1. The molecule has 1 aromatic carbocycles. The van der Waals surface area contributed by atoms with Gasteiger partial charge in [0.25, 0.3) is 0 Å². The second-order valence-corrected chi connectivity index (χ2v) is 4.99. The molecule has 1 heterocycles. The third-order valence-electron chi connectivity index (χ3n) is 3.35. The first kappa shape index (κ1) is 13.5. The van der Waals surface area contributed by atoms with E-state index in [-0.39, 0.29) is 5.78 Å². The van der Waals surface area contributed by atoms with E-state index in [0.29, 0.717) is 29.5 Å². The normalized spacial score (nSPS) is 16.8. The fourth-order valence-corrected chi connectivity index (χ4v) is 2.65. The van der Waals surface area contributed by atoms with Crippen LogP contribution in [0.3, 0.4) is 0 Å². The minimum absolute atomic E-state index is 0.0536. The summed E-state index contributed by atoms with van der Waals surface area (Å²) in [5.41, 5.74) is 7.17. The Bertz CT molecular complexity index is 428. The van der Waals surface area contributed by atoms with E-state index in [4.69, 9.17) is 22.1 Å². The van der Waals surface area contributed by atoms with Crippen molar-refractivity contribution in [3.05, 3.63) is 34.3 Å². The summed E-state index contributed by atoms with van der Waals surface area (Å²) < 4.78 is 5.34. The Balaban J connectivity index is 2.16. The van der Waals surface area contributed by atoms with E-state index >= 15 is 0 Å². The Hall–Kier alpha value is -0.900. The third kappa shape index (κ3) is 3.10. The SMILES string of the molecule is NCCC(=O)c1ccc(C2CCOCC2)c(Cl)c1. The maximum atomic E-state index is 11.7. The number of hydrogen-bond acceptors (Lipinski definition) is 3. The zero-order chi connectivity index (χ0) is 13.0. The average Bonchev–Trinajstić information content (AvgIpc) is 2.40. The number of hydrogen-bond donors (Lipinski definition) is 1. The molecule has 1 saturated heterocycles. The van der Waals surface area contributed by atoms with Crippen molar-refractivity contribution in [3.63, 3.8) is 0 Å². The van der Waals surface area contributed by atoms with Crippen molar-refractivity contribution >= 4 is 17.4 Å². The molecule has 1 aliphatic heterocycles. The predicted molar refractivity (Wildman–Crippen MR) is 72.2 cm³/mol. The monoisotopic (exact) mass is 267 g/mol. The number of nitrogens with two attached hydrogens (primary N) is 1. The summed E-state index contributed by atoms with van der Waals surface area (Å²) in [6.07, 6.45) is 2.36. The molecular weight excluding hydrogens is 250 g/mol. The third-order valence-corrected chi connectivity index (χ3v) is 3.68. The van der Waals surface area contributed by atoms with Gasteiger partial charge in [-0.15, -0.1) is 0 Å². The van der Waals surface area contributed by atoms with Crippen molar-refractivity contribution in [2.24, 2.45) is 5.73 Å². The van der Waals surface area contributed by atoms with E-state index in [1.54, 1.807) is 6.07 Å². The number of carbonyl (C=O) groups is 1. The molecular formula is C14H18ClNO2. The second-order valence-electron chi connectivity index (χ2n) is 4.58. The summed E-state index contributed by atoms with van der Waals surface area (Å²) >= 11 is 6.28. The Morgan fingerprint density at radius 1 is 1.39 bits per heavy atom. The van der Waals surface area contributed by atoms with Crippen LogP contribution in [0.2, 0.25) is 5.02 Å². The molecule has 18 heavy (non-hydrogen) atoms. The van der Waals surface area contributed by atoms with Crippen LogP contribution in [0.25, 0.3) is 0 Å². The van der Waals surface area contributed by atoms with Crippen molar-refractivity contribution in [1.82, 2.24) is 0 Å². The fraction of sp³-hybridized carbons (Fsp3) is 0.500. The van der Waals surface area contributed by atoms with Gasteiger partial charge in [0.15, 0.2) is 5.78 Å².